The molecule has 1 atom stereocenters. The molecule has 3 heterocycles. The third-order valence-electron chi connectivity index (χ3n) is 4.36. The highest BCUT2D eigenvalue weighted by atomic mass is 16.5. The Morgan fingerprint density at radius 2 is 2.25 bits per heavy atom. The number of carbonyl (C=O) groups is 1. The first-order valence-corrected chi connectivity index (χ1v) is 8.07. The van der Waals surface area contributed by atoms with Crippen molar-refractivity contribution in [2.45, 2.75) is 32.2 Å². The minimum atomic E-state index is -0.187. The van der Waals surface area contributed by atoms with Gasteiger partial charge in [0, 0.05) is 32.2 Å². The van der Waals surface area contributed by atoms with Gasteiger partial charge in [-0.15, -0.1) is 0 Å². The fourth-order valence-corrected chi connectivity index (χ4v) is 2.98. The number of carbonyl (C=O) groups excluding carboxylic acids is 1. The molecule has 1 aliphatic heterocycles. The zero-order valence-electron chi connectivity index (χ0n) is 13.9. The molecule has 1 aliphatic rings. The lowest BCUT2D eigenvalue weighted by Crippen LogP contribution is -2.47. The summed E-state index contributed by atoms with van der Waals surface area (Å²) in [4.78, 5) is 25.9. The molecule has 3 rings (SSSR count). The van der Waals surface area contributed by atoms with Crippen LogP contribution >= 0.6 is 0 Å². The highest BCUT2D eigenvalue weighted by molar-refractivity contribution is 5.94. The number of hydrogen-bond acceptors (Lipinski definition) is 6. The number of nitrogens with zero attached hydrogens (tertiary/aromatic N) is 4. The first-order valence-electron chi connectivity index (χ1n) is 8.07. The summed E-state index contributed by atoms with van der Waals surface area (Å²) in [5.74, 6) is 1.08. The molecule has 1 unspecified atom stereocenters. The van der Waals surface area contributed by atoms with Gasteiger partial charge in [0.2, 0.25) is 0 Å². The largest absolute Gasteiger partial charge is 0.361 e. The molecule has 1 saturated heterocycles. The van der Waals surface area contributed by atoms with Gasteiger partial charge < -0.3 is 14.7 Å². The van der Waals surface area contributed by atoms with Gasteiger partial charge in [-0.25, -0.2) is 4.68 Å². The second-order valence-corrected chi connectivity index (χ2v) is 6.00. The lowest BCUT2D eigenvalue weighted by atomic mass is 10.0. The number of aryl methyl sites for hydroxylation is 2. The van der Waals surface area contributed by atoms with Crippen LogP contribution in [0.4, 0.5) is 5.82 Å². The molecule has 0 aromatic carbocycles. The third kappa shape index (κ3) is 3.32. The average Bonchev–Trinajstić information content (AvgIpc) is 3.01. The summed E-state index contributed by atoms with van der Waals surface area (Å²) in [6, 6.07) is 3.41. The van der Waals surface area contributed by atoms with Crippen LogP contribution < -0.4 is 15.8 Å². The maximum Gasteiger partial charge on any atom is 0.266 e. The molecule has 0 spiro atoms. The number of hydrogen-bond donors (Lipinski definition) is 1. The standard InChI is InChI=1S/C16H21N5O3/c1-11-13(10-18-24-11)16(23)17-9-12-5-3-4-8-21(12)14-6-7-15(22)20(2)19-14/h6-7,10,12H,3-5,8-9H2,1-2H3,(H,17,23). The Labute approximate surface area is 139 Å². The maximum atomic E-state index is 12.2. The van der Waals surface area contributed by atoms with Crippen molar-refractivity contribution in [2.75, 3.05) is 18.0 Å². The fraction of sp³-hybridized carbons (Fsp3) is 0.500. The van der Waals surface area contributed by atoms with E-state index in [1.165, 1.54) is 16.9 Å². The quantitative estimate of drug-likeness (QED) is 0.893. The minimum absolute atomic E-state index is 0.136. The molecule has 8 heteroatoms. The minimum Gasteiger partial charge on any atom is -0.361 e. The predicted octanol–water partition coefficient (Wildman–Crippen LogP) is 0.866. The van der Waals surface area contributed by atoms with Gasteiger partial charge in [0.15, 0.2) is 0 Å². The van der Waals surface area contributed by atoms with Crippen molar-refractivity contribution >= 4 is 11.7 Å². The van der Waals surface area contributed by atoms with Gasteiger partial charge in [0.25, 0.3) is 11.5 Å². The number of aromatic nitrogens is 3. The molecule has 0 saturated carbocycles. The molecule has 24 heavy (non-hydrogen) atoms. The Balaban J connectivity index is 1.70. The van der Waals surface area contributed by atoms with Crippen LogP contribution in [0.25, 0.3) is 0 Å². The van der Waals surface area contributed by atoms with Gasteiger partial charge in [0.1, 0.15) is 17.1 Å². The summed E-state index contributed by atoms with van der Waals surface area (Å²) in [7, 11) is 1.64. The molecule has 2 aromatic heterocycles. The van der Waals surface area contributed by atoms with Crippen LogP contribution in [-0.2, 0) is 7.05 Å². The summed E-state index contributed by atoms with van der Waals surface area (Å²) in [6.07, 6.45) is 4.57. The summed E-state index contributed by atoms with van der Waals surface area (Å²) >= 11 is 0. The summed E-state index contributed by atoms with van der Waals surface area (Å²) in [6.45, 7) is 3.08. The first kappa shape index (κ1) is 16.2. The molecule has 1 N–H and O–H groups in total. The second kappa shape index (κ2) is 6.86. The van der Waals surface area contributed by atoms with Crippen molar-refractivity contribution in [3.63, 3.8) is 0 Å². The summed E-state index contributed by atoms with van der Waals surface area (Å²) < 4.78 is 6.26. The van der Waals surface area contributed by atoms with E-state index in [0.717, 1.165) is 31.6 Å². The zero-order valence-corrected chi connectivity index (χ0v) is 13.9. The number of anilines is 1. The lowest BCUT2D eigenvalue weighted by molar-refractivity contribution is 0.0948. The molecule has 1 amide bonds. The zero-order chi connectivity index (χ0) is 17.1. The first-order chi connectivity index (χ1) is 11.6. The van der Waals surface area contributed by atoms with E-state index in [0.29, 0.717) is 17.9 Å². The smallest absolute Gasteiger partial charge is 0.266 e. The molecular formula is C16H21N5O3. The maximum absolute atomic E-state index is 12.2. The van der Waals surface area contributed by atoms with Crippen LogP contribution in [0.2, 0.25) is 0 Å². The van der Waals surface area contributed by atoms with Crippen molar-refractivity contribution in [2.24, 2.45) is 7.05 Å². The molecule has 128 valence electrons. The van der Waals surface area contributed by atoms with Crippen molar-refractivity contribution in [1.82, 2.24) is 20.3 Å². The van der Waals surface area contributed by atoms with E-state index in [-0.39, 0.29) is 17.5 Å². The molecule has 0 bridgehead atoms. The normalized spacial score (nSPS) is 17.8. The molecule has 1 fully saturated rings. The Hall–Kier alpha value is -2.64. The van der Waals surface area contributed by atoms with Crippen LogP contribution in [-0.4, -0.2) is 40.0 Å². The van der Waals surface area contributed by atoms with E-state index in [1.54, 1.807) is 20.0 Å². The Bertz CT molecular complexity index is 782. The van der Waals surface area contributed by atoms with Gasteiger partial charge in [-0.2, -0.15) is 5.10 Å². The number of piperidine rings is 1. The number of rotatable bonds is 4. The van der Waals surface area contributed by atoms with E-state index in [2.05, 4.69) is 20.5 Å². The monoisotopic (exact) mass is 331 g/mol. The average molecular weight is 331 g/mol. The SMILES string of the molecule is Cc1oncc1C(=O)NCC1CCCCN1c1ccc(=O)n(C)n1. The van der Waals surface area contributed by atoms with Crippen molar-refractivity contribution in [1.29, 1.82) is 0 Å². The van der Waals surface area contributed by atoms with E-state index >= 15 is 0 Å². The molecule has 0 aliphatic carbocycles. The second-order valence-electron chi connectivity index (χ2n) is 6.00. The highest BCUT2D eigenvalue weighted by Gasteiger charge is 2.25. The van der Waals surface area contributed by atoms with Gasteiger partial charge in [-0.1, -0.05) is 5.16 Å². The molecule has 2 aromatic rings. The van der Waals surface area contributed by atoms with Gasteiger partial charge >= 0.3 is 0 Å². The summed E-state index contributed by atoms with van der Waals surface area (Å²) in [5, 5.41) is 10.9. The van der Waals surface area contributed by atoms with E-state index in [9.17, 15) is 9.59 Å². The molecule has 8 nitrogen and oxygen atoms in total. The van der Waals surface area contributed by atoms with Crippen LogP contribution in [0.15, 0.2) is 27.6 Å². The highest BCUT2D eigenvalue weighted by Crippen LogP contribution is 2.22. The predicted molar refractivity (Wildman–Crippen MR) is 88.0 cm³/mol. The number of nitrogens with one attached hydrogen (secondary N) is 1. The van der Waals surface area contributed by atoms with Crippen molar-refractivity contribution in [3.8, 4) is 0 Å². The van der Waals surface area contributed by atoms with Crippen molar-refractivity contribution in [3.05, 3.63) is 40.0 Å². The van der Waals surface area contributed by atoms with Gasteiger partial charge in [-0.05, 0) is 32.3 Å². The third-order valence-corrected chi connectivity index (χ3v) is 4.36. The molecule has 0 radical (unpaired) electrons. The fourth-order valence-electron chi connectivity index (χ4n) is 2.98. The Kier molecular flexibility index (Phi) is 4.64. The van der Waals surface area contributed by atoms with Crippen LogP contribution in [0.3, 0.4) is 0 Å². The van der Waals surface area contributed by atoms with Crippen molar-refractivity contribution < 1.29 is 9.32 Å². The lowest BCUT2D eigenvalue weighted by Gasteiger charge is -2.36. The Morgan fingerprint density at radius 1 is 1.42 bits per heavy atom. The van der Waals surface area contributed by atoms with Gasteiger partial charge in [-0.3, -0.25) is 9.59 Å². The Morgan fingerprint density at radius 3 is 2.96 bits per heavy atom. The number of amides is 1. The summed E-state index contributed by atoms with van der Waals surface area (Å²) in [5.41, 5.74) is 0.320. The van der Waals surface area contributed by atoms with E-state index < -0.39 is 0 Å². The van der Waals surface area contributed by atoms with E-state index in [1.807, 2.05) is 0 Å². The van der Waals surface area contributed by atoms with Crippen LogP contribution in [0.1, 0.15) is 35.4 Å². The van der Waals surface area contributed by atoms with Crippen LogP contribution in [0.5, 0.6) is 0 Å². The topological polar surface area (TPSA) is 93.3 Å². The van der Waals surface area contributed by atoms with Gasteiger partial charge in [0.05, 0.1) is 6.20 Å². The van der Waals surface area contributed by atoms with E-state index in [4.69, 9.17) is 4.52 Å². The molecular weight excluding hydrogens is 310 g/mol. The van der Waals surface area contributed by atoms with Crippen LogP contribution in [0, 0.1) is 6.92 Å².